The lowest BCUT2D eigenvalue weighted by atomic mass is 10.0. The maximum Gasteiger partial charge on any atom is 0.339 e. The van der Waals surface area contributed by atoms with E-state index in [0.717, 1.165) is 5.56 Å². The van der Waals surface area contributed by atoms with Crippen LogP contribution in [0.1, 0.15) is 26.4 Å². The molecule has 2 aromatic rings. The number of benzene rings is 1. The summed E-state index contributed by atoms with van der Waals surface area (Å²) in [6.45, 7) is 0.804. The lowest BCUT2D eigenvalue weighted by molar-refractivity contribution is -0.127. The van der Waals surface area contributed by atoms with Gasteiger partial charge in [-0.1, -0.05) is 30.3 Å². The van der Waals surface area contributed by atoms with Gasteiger partial charge in [0.25, 0.3) is 5.91 Å². The summed E-state index contributed by atoms with van der Waals surface area (Å²) in [5.74, 6) is -1.03. The molecule has 0 unspecified atom stereocenters. The molecule has 0 radical (unpaired) electrons. The number of nitrogens with zero attached hydrogens (tertiary/aromatic N) is 2. The molecule has 0 saturated carbocycles. The first-order valence-electron chi connectivity index (χ1n) is 8.27. The number of nitrogens with one attached hydrogen (secondary N) is 1. The summed E-state index contributed by atoms with van der Waals surface area (Å²) < 4.78 is 4.62. The minimum absolute atomic E-state index is 0.181. The van der Waals surface area contributed by atoms with Crippen LogP contribution in [0.3, 0.4) is 0 Å². The lowest BCUT2D eigenvalue weighted by Gasteiger charge is -2.35. The van der Waals surface area contributed by atoms with Gasteiger partial charge in [0.1, 0.15) is 11.7 Å². The Morgan fingerprint density at radius 2 is 2.00 bits per heavy atom. The van der Waals surface area contributed by atoms with Crippen molar-refractivity contribution in [2.45, 2.75) is 12.5 Å². The first-order chi connectivity index (χ1) is 12.6. The first kappa shape index (κ1) is 17.6. The number of methoxy groups -OCH3 is 1. The number of carbonyl (C=O) groups is 3. The second-order valence-electron chi connectivity index (χ2n) is 5.92. The van der Waals surface area contributed by atoms with E-state index in [9.17, 15) is 14.4 Å². The second kappa shape index (κ2) is 7.77. The van der Waals surface area contributed by atoms with E-state index in [0.29, 0.717) is 19.5 Å². The number of amides is 2. The van der Waals surface area contributed by atoms with Crippen molar-refractivity contribution in [2.24, 2.45) is 0 Å². The molecule has 26 heavy (non-hydrogen) atoms. The van der Waals surface area contributed by atoms with Crippen LogP contribution in [0.4, 0.5) is 0 Å². The Hall–Kier alpha value is -3.22. The molecule has 1 aromatic heterocycles. The van der Waals surface area contributed by atoms with Crippen LogP contribution in [0.2, 0.25) is 0 Å². The summed E-state index contributed by atoms with van der Waals surface area (Å²) in [5.41, 5.74) is 1.42. The van der Waals surface area contributed by atoms with Gasteiger partial charge in [0, 0.05) is 25.7 Å². The van der Waals surface area contributed by atoms with E-state index >= 15 is 0 Å². The van der Waals surface area contributed by atoms with E-state index in [1.165, 1.54) is 30.3 Å². The van der Waals surface area contributed by atoms with Crippen LogP contribution in [-0.4, -0.2) is 53.9 Å². The van der Waals surface area contributed by atoms with Gasteiger partial charge in [-0.2, -0.15) is 0 Å². The number of piperazine rings is 1. The van der Waals surface area contributed by atoms with Crippen molar-refractivity contribution in [3.8, 4) is 0 Å². The van der Waals surface area contributed by atoms with Gasteiger partial charge < -0.3 is 15.0 Å². The van der Waals surface area contributed by atoms with E-state index in [4.69, 9.17) is 0 Å². The van der Waals surface area contributed by atoms with Crippen LogP contribution in [0.5, 0.6) is 0 Å². The minimum Gasteiger partial charge on any atom is -0.465 e. The molecule has 1 N–H and O–H groups in total. The Kier molecular flexibility index (Phi) is 5.26. The van der Waals surface area contributed by atoms with Gasteiger partial charge >= 0.3 is 5.97 Å². The molecule has 1 aliphatic heterocycles. The third-order valence-corrected chi connectivity index (χ3v) is 4.27. The van der Waals surface area contributed by atoms with Crippen LogP contribution >= 0.6 is 0 Å². The van der Waals surface area contributed by atoms with E-state index in [1.807, 2.05) is 30.3 Å². The molecule has 1 aromatic carbocycles. The molecule has 1 atom stereocenters. The normalized spacial score (nSPS) is 16.7. The third-order valence-electron chi connectivity index (χ3n) is 4.27. The molecule has 0 spiro atoms. The summed E-state index contributed by atoms with van der Waals surface area (Å²) in [4.78, 5) is 42.3. The Labute approximate surface area is 151 Å². The molecule has 1 saturated heterocycles. The molecule has 2 heterocycles. The van der Waals surface area contributed by atoms with Gasteiger partial charge in [-0.25, -0.2) is 4.79 Å². The predicted octanol–water partition coefficient (Wildman–Crippen LogP) is 1.05. The van der Waals surface area contributed by atoms with Crippen molar-refractivity contribution < 1.29 is 19.1 Å². The number of rotatable bonds is 4. The standard InChI is InChI=1S/C19H19N3O4/c1-26-19(25)14-7-8-15(21-12-14)18(24)22-10-9-20-17(23)16(22)11-13-5-3-2-4-6-13/h2-8,12,16H,9-11H2,1H3,(H,20,23)/t16-/m0/s1. The molecule has 3 rings (SSSR count). The summed E-state index contributed by atoms with van der Waals surface area (Å²) in [7, 11) is 1.28. The topological polar surface area (TPSA) is 88.6 Å². The van der Waals surface area contributed by atoms with Gasteiger partial charge in [0.05, 0.1) is 12.7 Å². The zero-order valence-electron chi connectivity index (χ0n) is 14.3. The SMILES string of the molecule is COC(=O)c1ccc(C(=O)N2CCNC(=O)[C@@H]2Cc2ccccc2)nc1. The number of carbonyl (C=O) groups excluding carboxylic acids is 3. The molecule has 134 valence electrons. The monoisotopic (exact) mass is 353 g/mol. The Bertz CT molecular complexity index is 805. The molecular formula is C19H19N3O4. The van der Waals surface area contributed by atoms with Crippen molar-refractivity contribution >= 4 is 17.8 Å². The van der Waals surface area contributed by atoms with Gasteiger partial charge in [0.2, 0.25) is 5.91 Å². The second-order valence-corrected chi connectivity index (χ2v) is 5.92. The molecule has 1 fully saturated rings. The van der Waals surface area contributed by atoms with Crippen molar-refractivity contribution in [3.05, 3.63) is 65.5 Å². The fraction of sp³-hybridized carbons (Fsp3) is 0.263. The van der Waals surface area contributed by atoms with Crippen molar-refractivity contribution in [1.82, 2.24) is 15.2 Å². The quantitative estimate of drug-likeness (QED) is 0.830. The lowest BCUT2D eigenvalue weighted by Crippen LogP contribution is -2.58. The first-order valence-corrected chi connectivity index (χ1v) is 8.27. The zero-order valence-corrected chi connectivity index (χ0v) is 14.3. The van der Waals surface area contributed by atoms with Crippen molar-refractivity contribution in [3.63, 3.8) is 0 Å². The van der Waals surface area contributed by atoms with Gasteiger partial charge in [-0.3, -0.25) is 14.6 Å². The van der Waals surface area contributed by atoms with Crippen LogP contribution in [-0.2, 0) is 16.0 Å². The summed E-state index contributed by atoms with van der Waals surface area (Å²) >= 11 is 0. The molecule has 7 nitrogen and oxygen atoms in total. The van der Waals surface area contributed by atoms with E-state index < -0.39 is 12.0 Å². The average Bonchev–Trinajstić information content (AvgIpc) is 2.69. The van der Waals surface area contributed by atoms with Crippen LogP contribution in [0.15, 0.2) is 48.7 Å². The average molecular weight is 353 g/mol. The molecule has 0 bridgehead atoms. The summed E-state index contributed by atoms with van der Waals surface area (Å²) in [6, 6.07) is 11.9. The van der Waals surface area contributed by atoms with Gasteiger partial charge in [-0.05, 0) is 17.7 Å². The number of aromatic nitrogens is 1. The predicted molar refractivity (Wildman–Crippen MR) is 93.6 cm³/mol. The third kappa shape index (κ3) is 3.72. The van der Waals surface area contributed by atoms with Crippen molar-refractivity contribution in [1.29, 1.82) is 0 Å². The number of hydrogen-bond donors (Lipinski definition) is 1. The van der Waals surface area contributed by atoms with E-state index in [1.54, 1.807) is 0 Å². The largest absolute Gasteiger partial charge is 0.465 e. The summed E-state index contributed by atoms with van der Waals surface area (Å²) in [5, 5.41) is 2.81. The smallest absolute Gasteiger partial charge is 0.339 e. The number of esters is 1. The van der Waals surface area contributed by atoms with Crippen LogP contribution in [0, 0.1) is 0 Å². The van der Waals surface area contributed by atoms with Crippen LogP contribution < -0.4 is 5.32 Å². The number of pyridine rings is 1. The molecule has 0 aliphatic carbocycles. The fourth-order valence-corrected chi connectivity index (χ4v) is 2.90. The highest BCUT2D eigenvalue weighted by atomic mass is 16.5. The maximum absolute atomic E-state index is 12.9. The minimum atomic E-state index is -0.597. The Morgan fingerprint density at radius 3 is 2.65 bits per heavy atom. The van der Waals surface area contributed by atoms with Crippen molar-refractivity contribution in [2.75, 3.05) is 20.2 Å². The number of ether oxygens (including phenoxy) is 1. The van der Waals surface area contributed by atoms with Crippen LogP contribution in [0.25, 0.3) is 0 Å². The maximum atomic E-state index is 12.9. The molecule has 2 amide bonds. The highest BCUT2D eigenvalue weighted by Gasteiger charge is 2.34. The number of hydrogen-bond acceptors (Lipinski definition) is 5. The van der Waals surface area contributed by atoms with E-state index in [-0.39, 0.29) is 23.1 Å². The fourth-order valence-electron chi connectivity index (χ4n) is 2.90. The van der Waals surface area contributed by atoms with Gasteiger partial charge in [0.15, 0.2) is 0 Å². The van der Waals surface area contributed by atoms with Gasteiger partial charge in [-0.15, -0.1) is 0 Å². The molecule has 7 heteroatoms. The highest BCUT2D eigenvalue weighted by Crippen LogP contribution is 2.15. The molecule has 1 aliphatic rings. The van der Waals surface area contributed by atoms with E-state index in [2.05, 4.69) is 15.0 Å². The zero-order chi connectivity index (χ0) is 18.5. The molecular weight excluding hydrogens is 334 g/mol. The Balaban J connectivity index is 1.81. The summed E-state index contributed by atoms with van der Waals surface area (Å²) in [6.07, 6.45) is 1.73. The highest BCUT2D eigenvalue weighted by molar-refractivity contribution is 5.97. The Morgan fingerprint density at radius 1 is 1.23 bits per heavy atom.